The van der Waals surface area contributed by atoms with Crippen molar-refractivity contribution in [2.24, 2.45) is 5.92 Å². The molecule has 0 aliphatic carbocycles. The van der Waals surface area contributed by atoms with Crippen molar-refractivity contribution in [3.05, 3.63) is 0 Å². The summed E-state index contributed by atoms with van der Waals surface area (Å²) in [4.78, 5) is 14.2. The van der Waals surface area contributed by atoms with Crippen LogP contribution in [0.2, 0.25) is 0 Å². The zero-order valence-corrected chi connectivity index (χ0v) is 12.1. The van der Waals surface area contributed by atoms with Gasteiger partial charge >= 0.3 is 0 Å². The van der Waals surface area contributed by atoms with Crippen LogP contribution < -0.4 is 5.32 Å². The van der Waals surface area contributed by atoms with Crippen LogP contribution in [0.3, 0.4) is 0 Å². The Balaban J connectivity index is 2.38. The summed E-state index contributed by atoms with van der Waals surface area (Å²) in [6, 6.07) is 0.200. The molecule has 0 bridgehead atoms. The molecule has 0 saturated carbocycles. The third-order valence-electron chi connectivity index (χ3n) is 3.53. The predicted octanol–water partition coefficient (Wildman–Crippen LogP) is 1.65. The first-order valence-corrected chi connectivity index (χ1v) is 7.26. The average Bonchev–Trinajstić information content (AvgIpc) is 2.83. The Morgan fingerprint density at radius 2 is 2.06 bits per heavy atom. The van der Waals surface area contributed by atoms with Gasteiger partial charge in [0.15, 0.2) is 0 Å². The second kappa shape index (κ2) is 8.48. The zero-order valence-electron chi connectivity index (χ0n) is 12.1. The number of nitrogens with zero attached hydrogens (tertiary/aromatic N) is 1. The highest BCUT2D eigenvalue weighted by Crippen LogP contribution is 2.16. The lowest BCUT2D eigenvalue weighted by molar-refractivity contribution is -0.134. The maximum absolute atomic E-state index is 12.3. The Labute approximate surface area is 111 Å². The van der Waals surface area contributed by atoms with E-state index in [1.807, 2.05) is 11.9 Å². The summed E-state index contributed by atoms with van der Waals surface area (Å²) in [7, 11) is 1.91. The molecule has 2 unspecified atom stereocenters. The molecule has 2 atom stereocenters. The van der Waals surface area contributed by atoms with Crippen LogP contribution in [-0.2, 0) is 9.53 Å². The quantitative estimate of drug-likeness (QED) is 0.671. The Bertz CT molecular complexity index is 246. The van der Waals surface area contributed by atoms with Gasteiger partial charge in [0, 0.05) is 19.6 Å². The van der Waals surface area contributed by atoms with Crippen molar-refractivity contribution in [1.82, 2.24) is 10.2 Å². The fourth-order valence-corrected chi connectivity index (χ4v) is 2.32. The van der Waals surface area contributed by atoms with Gasteiger partial charge < -0.3 is 15.0 Å². The molecule has 1 heterocycles. The van der Waals surface area contributed by atoms with E-state index in [9.17, 15) is 4.79 Å². The summed E-state index contributed by atoms with van der Waals surface area (Å²) in [6.07, 6.45) is 4.56. The van der Waals surface area contributed by atoms with E-state index in [1.165, 1.54) is 12.8 Å². The van der Waals surface area contributed by atoms with Crippen LogP contribution in [0.15, 0.2) is 0 Å². The highest BCUT2D eigenvalue weighted by atomic mass is 16.5. The molecular weight excluding hydrogens is 228 g/mol. The van der Waals surface area contributed by atoms with E-state index in [0.717, 1.165) is 25.9 Å². The van der Waals surface area contributed by atoms with Crippen molar-refractivity contribution in [1.29, 1.82) is 0 Å². The Morgan fingerprint density at radius 1 is 1.28 bits per heavy atom. The minimum absolute atomic E-state index is 0.00294. The SMILES string of the molecule is CCCCCN(C)C(=O)C1COCC1NCCC. The molecule has 106 valence electrons. The third kappa shape index (κ3) is 4.58. The van der Waals surface area contributed by atoms with Crippen molar-refractivity contribution >= 4 is 5.91 Å². The molecule has 1 saturated heterocycles. The van der Waals surface area contributed by atoms with E-state index in [4.69, 9.17) is 4.74 Å². The van der Waals surface area contributed by atoms with Crippen LogP contribution in [-0.4, -0.2) is 50.2 Å². The molecule has 1 aliphatic heterocycles. The van der Waals surface area contributed by atoms with E-state index in [2.05, 4.69) is 19.2 Å². The number of unbranched alkanes of at least 4 members (excludes halogenated alkanes) is 2. The summed E-state index contributed by atoms with van der Waals surface area (Å²) in [5, 5.41) is 3.41. The fourth-order valence-electron chi connectivity index (χ4n) is 2.32. The second-order valence-electron chi connectivity index (χ2n) is 5.17. The number of hydrogen-bond acceptors (Lipinski definition) is 3. The summed E-state index contributed by atoms with van der Waals surface area (Å²) >= 11 is 0. The van der Waals surface area contributed by atoms with Crippen molar-refractivity contribution in [3.8, 4) is 0 Å². The smallest absolute Gasteiger partial charge is 0.229 e. The van der Waals surface area contributed by atoms with Gasteiger partial charge in [-0.2, -0.15) is 0 Å². The maximum Gasteiger partial charge on any atom is 0.229 e. The molecule has 4 heteroatoms. The first-order valence-electron chi connectivity index (χ1n) is 7.26. The first kappa shape index (κ1) is 15.4. The van der Waals surface area contributed by atoms with Gasteiger partial charge in [-0.1, -0.05) is 26.7 Å². The van der Waals surface area contributed by atoms with Gasteiger partial charge in [0.1, 0.15) is 0 Å². The summed E-state index contributed by atoms with van der Waals surface area (Å²) < 4.78 is 5.45. The molecule has 4 nitrogen and oxygen atoms in total. The lowest BCUT2D eigenvalue weighted by Crippen LogP contribution is -2.45. The van der Waals surface area contributed by atoms with Crippen molar-refractivity contribution in [2.45, 2.75) is 45.6 Å². The van der Waals surface area contributed by atoms with E-state index >= 15 is 0 Å². The van der Waals surface area contributed by atoms with Gasteiger partial charge in [-0.05, 0) is 19.4 Å². The van der Waals surface area contributed by atoms with Gasteiger partial charge in [-0.15, -0.1) is 0 Å². The van der Waals surface area contributed by atoms with Crippen molar-refractivity contribution < 1.29 is 9.53 Å². The molecule has 0 radical (unpaired) electrons. The molecule has 0 aromatic carbocycles. The van der Waals surface area contributed by atoms with Crippen molar-refractivity contribution in [2.75, 3.05) is 33.4 Å². The van der Waals surface area contributed by atoms with Crippen molar-refractivity contribution in [3.63, 3.8) is 0 Å². The molecule has 1 amide bonds. The molecule has 0 aromatic rings. The molecular formula is C14H28N2O2. The maximum atomic E-state index is 12.3. The molecule has 1 fully saturated rings. The number of carbonyl (C=O) groups excluding carboxylic acids is 1. The fraction of sp³-hybridized carbons (Fsp3) is 0.929. The Morgan fingerprint density at radius 3 is 2.72 bits per heavy atom. The number of nitrogens with one attached hydrogen (secondary N) is 1. The van der Waals surface area contributed by atoms with Gasteiger partial charge in [0.2, 0.25) is 5.91 Å². The van der Waals surface area contributed by atoms with Crippen LogP contribution in [0.1, 0.15) is 39.5 Å². The normalized spacial score (nSPS) is 23.3. The molecule has 18 heavy (non-hydrogen) atoms. The largest absolute Gasteiger partial charge is 0.379 e. The molecule has 0 spiro atoms. The van der Waals surface area contributed by atoms with E-state index in [1.54, 1.807) is 0 Å². The number of rotatable bonds is 8. The highest BCUT2D eigenvalue weighted by Gasteiger charge is 2.34. The first-order chi connectivity index (χ1) is 8.70. The van der Waals surface area contributed by atoms with Crippen LogP contribution in [0.5, 0.6) is 0 Å². The number of hydrogen-bond donors (Lipinski definition) is 1. The van der Waals surface area contributed by atoms with Gasteiger partial charge in [-0.25, -0.2) is 0 Å². The monoisotopic (exact) mass is 256 g/mol. The zero-order chi connectivity index (χ0) is 13.4. The number of ether oxygens (including phenoxy) is 1. The van der Waals surface area contributed by atoms with Gasteiger partial charge in [0.25, 0.3) is 0 Å². The van der Waals surface area contributed by atoms with Crippen LogP contribution >= 0.6 is 0 Å². The second-order valence-corrected chi connectivity index (χ2v) is 5.17. The molecule has 0 aromatic heterocycles. The summed E-state index contributed by atoms with van der Waals surface area (Å²) in [5.41, 5.74) is 0. The predicted molar refractivity (Wildman–Crippen MR) is 73.6 cm³/mol. The van der Waals surface area contributed by atoms with E-state index in [0.29, 0.717) is 13.2 Å². The molecule has 1 aliphatic rings. The molecule has 1 rings (SSSR count). The topological polar surface area (TPSA) is 41.6 Å². The number of carbonyl (C=O) groups is 1. The van der Waals surface area contributed by atoms with E-state index in [-0.39, 0.29) is 17.9 Å². The van der Waals surface area contributed by atoms with Crippen LogP contribution in [0, 0.1) is 5.92 Å². The highest BCUT2D eigenvalue weighted by molar-refractivity contribution is 5.79. The van der Waals surface area contributed by atoms with Crippen LogP contribution in [0.25, 0.3) is 0 Å². The van der Waals surface area contributed by atoms with Gasteiger partial charge in [0.05, 0.1) is 19.1 Å². The average molecular weight is 256 g/mol. The third-order valence-corrected chi connectivity index (χ3v) is 3.53. The number of amides is 1. The molecule has 1 N–H and O–H groups in total. The summed E-state index contributed by atoms with van der Waals surface area (Å²) in [5.74, 6) is 0.236. The minimum Gasteiger partial charge on any atom is -0.379 e. The lowest BCUT2D eigenvalue weighted by Gasteiger charge is -2.24. The van der Waals surface area contributed by atoms with Crippen LogP contribution in [0.4, 0.5) is 0 Å². The summed E-state index contributed by atoms with van der Waals surface area (Å²) in [6.45, 7) is 7.37. The lowest BCUT2D eigenvalue weighted by atomic mass is 10.0. The Hall–Kier alpha value is -0.610. The minimum atomic E-state index is 0.00294. The Kier molecular flexibility index (Phi) is 7.28. The standard InChI is InChI=1S/C14H28N2O2/c1-4-6-7-9-16(3)14(17)12-10-18-11-13(12)15-8-5-2/h12-13,15H,4-11H2,1-3H3. The van der Waals surface area contributed by atoms with Gasteiger partial charge in [-0.3, -0.25) is 4.79 Å². The van der Waals surface area contributed by atoms with E-state index < -0.39 is 0 Å².